The van der Waals surface area contributed by atoms with Crippen LogP contribution < -0.4 is 5.73 Å². The van der Waals surface area contributed by atoms with Crippen molar-refractivity contribution >= 4 is 17.0 Å². The quantitative estimate of drug-likeness (QED) is 0.803. The first-order valence-electron chi connectivity index (χ1n) is 5.49. The molecule has 0 aliphatic carbocycles. The highest BCUT2D eigenvalue weighted by Gasteiger charge is 2.26. The van der Waals surface area contributed by atoms with Crippen LogP contribution in [0.2, 0.25) is 0 Å². The van der Waals surface area contributed by atoms with Gasteiger partial charge in [-0.3, -0.25) is 0 Å². The summed E-state index contributed by atoms with van der Waals surface area (Å²) < 4.78 is 0. The molecule has 0 amide bonds. The first kappa shape index (κ1) is 15.4. The van der Waals surface area contributed by atoms with Crippen molar-refractivity contribution in [1.82, 2.24) is 0 Å². The summed E-state index contributed by atoms with van der Waals surface area (Å²) in [6.45, 7) is 8.19. The Balaban J connectivity index is 0.00000225. The van der Waals surface area contributed by atoms with Crippen LogP contribution in [0.5, 0.6) is 0 Å². The van der Waals surface area contributed by atoms with Gasteiger partial charge in [0.2, 0.25) is 0 Å². The van der Waals surface area contributed by atoms with E-state index >= 15 is 0 Å². The van der Waals surface area contributed by atoms with Crippen molar-refractivity contribution < 1.29 is 0 Å². The molecule has 0 bridgehead atoms. The number of rotatable bonds is 5. The molecule has 0 aliphatic rings. The fourth-order valence-corrected chi connectivity index (χ4v) is 1.74. The lowest BCUT2D eigenvalue weighted by molar-refractivity contribution is 0.268. The molecule has 0 fully saturated rings. The van der Waals surface area contributed by atoms with Crippen LogP contribution >= 0.6 is 17.0 Å². The first-order chi connectivity index (χ1) is 7.08. The van der Waals surface area contributed by atoms with Gasteiger partial charge in [-0.15, -0.1) is 23.6 Å². The minimum Gasteiger partial charge on any atom is -0.324 e. The van der Waals surface area contributed by atoms with Gasteiger partial charge in [0.1, 0.15) is 0 Å². The number of hydrogen-bond acceptors (Lipinski definition) is 1. The van der Waals surface area contributed by atoms with Gasteiger partial charge >= 0.3 is 0 Å². The van der Waals surface area contributed by atoms with E-state index in [1.54, 1.807) is 0 Å². The maximum atomic E-state index is 6.28. The maximum Gasteiger partial charge on any atom is 0.0346 e. The van der Waals surface area contributed by atoms with E-state index in [0.717, 1.165) is 12.8 Å². The second kappa shape index (κ2) is 6.87. The van der Waals surface area contributed by atoms with E-state index in [0.29, 0.717) is 0 Å². The summed E-state index contributed by atoms with van der Waals surface area (Å²) in [5.74, 6) is 0. The number of hydrogen-bond donors (Lipinski definition) is 1. The Hall–Kier alpha value is -0.600. The molecule has 0 heterocycles. The maximum absolute atomic E-state index is 6.28. The molecule has 0 saturated heterocycles. The largest absolute Gasteiger partial charge is 0.324 e. The third kappa shape index (κ3) is 4.11. The summed E-state index contributed by atoms with van der Waals surface area (Å²) in [6, 6.07) is 10.4. The van der Waals surface area contributed by atoms with Crippen molar-refractivity contribution in [2.24, 2.45) is 11.1 Å². The predicted molar refractivity (Wildman–Crippen MR) is 76.9 cm³/mol. The zero-order valence-electron chi connectivity index (χ0n) is 10.1. The van der Waals surface area contributed by atoms with Crippen LogP contribution in [0, 0.1) is 5.41 Å². The van der Waals surface area contributed by atoms with Gasteiger partial charge < -0.3 is 5.73 Å². The highest BCUT2D eigenvalue weighted by Crippen LogP contribution is 2.35. The molecule has 0 aromatic heterocycles. The lowest BCUT2D eigenvalue weighted by Crippen LogP contribution is -2.29. The average Bonchev–Trinajstić information content (AvgIpc) is 2.26. The first-order valence-corrected chi connectivity index (χ1v) is 5.49. The van der Waals surface area contributed by atoms with E-state index in [-0.39, 0.29) is 28.4 Å². The lowest BCUT2D eigenvalue weighted by Gasteiger charge is -2.31. The molecule has 0 saturated carbocycles. The Bertz CT molecular complexity index is 306. The van der Waals surface area contributed by atoms with Gasteiger partial charge in [0.15, 0.2) is 0 Å². The zero-order chi connectivity index (χ0) is 11.3. The normalized spacial score (nSPS) is 12.7. The Morgan fingerprint density at radius 1 is 1.31 bits per heavy atom. The molecule has 0 radical (unpaired) electrons. The van der Waals surface area contributed by atoms with Crippen LogP contribution in [0.1, 0.15) is 38.3 Å². The Labute approximate surface area is 110 Å². The molecule has 0 spiro atoms. The van der Waals surface area contributed by atoms with Gasteiger partial charge in [0, 0.05) is 6.04 Å². The van der Waals surface area contributed by atoms with E-state index in [1.165, 1.54) is 5.56 Å². The number of halogens is 1. The van der Waals surface area contributed by atoms with E-state index in [4.69, 9.17) is 5.73 Å². The lowest BCUT2D eigenvalue weighted by atomic mass is 9.77. The van der Waals surface area contributed by atoms with Crippen molar-refractivity contribution in [2.45, 2.75) is 32.7 Å². The molecule has 16 heavy (non-hydrogen) atoms. The fraction of sp³-hybridized carbons (Fsp3) is 0.429. The smallest absolute Gasteiger partial charge is 0.0346 e. The van der Waals surface area contributed by atoms with Gasteiger partial charge in [-0.1, -0.05) is 50.3 Å². The van der Waals surface area contributed by atoms with Gasteiger partial charge in [-0.2, -0.15) is 0 Å². The molecule has 0 aliphatic heterocycles. The molecular weight excluding hydrogens is 262 g/mol. The molecule has 1 aromatic rings. The van der Waals surface area contributed by atoms with Crippen LogP contribution in [0.3, 0.4) is 0 Å². The van der Waals surface area contributed by atoms with Crippen LogP contribution in [0.25, 0.3) is 0 Å². The summed E-state index contributed by atoms with van der Waals surface area (Å²) in [5.41, 5.74) is 7.61. The van der Waals surface area contributed by atoms with Crippen molar-refractivity contribution in [3.8, 4) is 0 Å². The number of allylic oxidation sites excluding steroid dienone is 1. The monoisotopic (exact) mass is 283 g/mol. The van der Waals surface area contributed by atoms with E-state index in [9.17, 15) is 0 Å². The van der Waals surface area contributed by atoms with E-state index in [2.05, 4.69) is 32.6 Å². The van der Waals surface area contributed by atoms with E-state index < -0.39 is 0 Å². The van der Waals surface area contributed by atoms with E-state index in [1.807, 2.05) is 24.3 Å². The second-order valence-electron chi connectivity index (χ2n) is 4.70. The molecule has 90 valence electrons. The predicted octanol–water partition coefficient (Wildman–Crippen LogP) is 4.26. The number of benzene rings is 1. The van der Waals surface area contributed by atoms with Crippen LogP contribution in [-0.4, -0.2) is 0 Å². The summed E-state index contributed by atoms with van der Waals surface area (Å²) in [7, 11) is 0. The Morgan fingerprint density at radius 3 is 2.38 bits per heavy atom. The fourth-order valence-electron chi connectivity index (χ4n) is 1.74. The minimum atomic E-state index is 0. The highest BCUT2D eigenvalue weighted by atomic mass is 79.9. The number of nitrogens with two attached hydrogens (primary N) is 1. The molecule has 1 aromatic carbocycles. The third-order valence-corrected chi connectivity index (χ3v) is 2.99. The van der Waals surface area contributed by atoms with Crippen molar-refractivity contribution in [2.75, 3.05) is 0 Å². The molecule has 2 N–H and O–H groups in total. The minimum absolute atomic E-state index is 0. The van der Waals surface area contributed by atoms with Gasteiger partial charge in [0.25, 0.3) is 0 Å². The topological polar surface area (TPSA) is 26.0 Å². The molecule has 1 atom stereocenters. The van der Waals surface area contributed by atoms with Crippen molar-refractivity contribution in [3.63, 3.8) is 0 Å². The molecule has 1 rings (SSSR count). The second-order valence-corrected chi connectivity index (χ2v) is 4.70. The van der Waals surface area contributed by atoms with Crippen molar-refractivity contribution in [3.05, 3.63) is 48.6 Å². The summed E-state index contributed by atoms with van der Waals surface area (Å²) in [6.07, 6.45) is 4.06. The van der Waals surface area contributed by atoms with Gasteiger partial charge in [-0.05, 0) is 23.8 Å². The zero-order valence-corrected chi connectivity index (χ0v) is 11.9. The van der Waals surface area contributed by atoms with Gasteiger partial charge in [-0.25, -0.2) is 0 Å². The molecular formula is C14H22BrN. The molecule has 1 unspecified atom stereocenters. The van der Waals surface area contributed by atoms with Crippen LogP contribution in [-0.2, 0) is 0 Å². The molecule has 1 nitrogen and oxygen atoms in total. The summed E-state index contributed by atoms with van der Waals surface area (Å²) >= 11 is 0. The SMILES string of the molecule is Br.C=CCCC(C)(C)C(N)c1ccccc1. The summed E-state index contributed by atoms with van der Waals surface area (Å²) in [4.78, 5) is 0. The summed E-state index contributed by atoms with van der Waals surface area (Å²) in [5, 5.41) is 0. The average molecular weight is 284 g/mol. The standard InChI is InChI=1S/C14H21N.BrH/c1-4-5-11-14(2,3)13(15)12-9-7-6-8-10-12;/h4,6-10,13H,1,5,11,15H2,2-3H3;1H. The Morgan fingerprint density at radius 2 is 1.88 bits per heavy atom. The molecule has 2 heteroatoms. The van der Waals surface area contributed by atoms with Crippen molar-refractivity contribution in [1.29, 1.82) is 0 Å². The highest BCUT2D eigenvalue weighted by molar-refractivity contribution is 8.93. The third-order valence-electron chi connectivity index (χ3n) is 2.99. The van der Waals surface area contributed by atoms with Gasteiger partial charge in [0.05, 0.1) is 0 Å². The van der Waals surface area contributed by atoms with Crippen LogP contribution in [0.15, 0.2) is 43.0 Å². The van der Waals surface area contributed by atoms with Crippen LogP contribution in [0.4, 0.5) is 0 Å². The Kier molecular flexibility index (Phi) is 6.61.